The first kappa shape index (κ1) is 17.5. The van der Waals surface area contributed by atoms with Crippen LogP contribution in [0.4, 0.5) is 0 Å². The number of hydrogen-bond acceptors (Lipinski definition) is 5. The molecule has 1 aromatic carbocycles. The highest BCUT2D eigenvalue weighted by Gasteiger charge is 2.22. The fraction of sp³-hybridized carbons (Fsp3) is 0.684. The molecule has 1 saturated carbocycles. The number of fused-ring (bicyclic) bond motifs is 1. The van der Waals surface area contributed by atoms with Crippen LogP contribution < -0.4 is 9.47 Å². The molecule has 0 spiro atoms. The monoisotopic (exact) mass is 335 g/mol. The molecule has 0 amide bonds. The van der Waals surface area contributed by atoms with Crippen molar-refractivity contribution in [1.29, 1.82) is 0 Å². The van der Waals surface area contributed by atoms with E-state index in [1.54, 1.807) is 0 Å². The van der Waals surface area contributed by atoms with E-state index in [-0.39, 0.29) is 6.10 Å². The molecule has 0 radical (unpaired) electrons. The number of likely N-dealkylation sites (N-methyl/N-ethyl adjacent to an activating group) is 1. The van der Waals surface area contributed by atoms with Crippen LogP contribution in [-0.4, -0.2) is 61.7 Å². The summed E-state index contributed by atoms with van der Waals surface area (Å²) in [5, 5.41) is 10.2. The minimum absolute atomic E-state index is 0.122. The van der Waals surface area contributed by atoms with E-state index in [9.17, 15) is 5.11 Å². The Bertz CT molecular complexity index is 504. The van der Waals surface area contributed by atoms with Crippen LogP contribution in [-0.2, 0) is 4.74 Å². The van der Waals surface area contributed by atoms with Crippen molar-refractivity contribution < 1.29 is 19.3 Å². The quantitative estimate of drug-likeness (QED) is 0.829. The van der Waals surface area contributed by atoms with Gasteiger partial charge in [-0.1, -0.05) is 31.4 Å². The van der Waals surface area contributed by atoms with Crippen molar-refractivity contribution >= 4 is 0 Å². The lowest BCUT2D eigenvalue weighted by molar-refractivity contribution is -0.0308. The van der Waals surface area contributed by atoms with Crippen molar-refractivity contribution in [3.8, 4) is 11.5 Å². The normalized spacial score (nSPS) is 22.5. The van der Waals surface area contributed by atoms with Crippen molar-refractivity contribution in [3.63, 3.8) is 0 Å². The van der Waals surface area contributed by atoms with E-state index >= 15 is 0 Å². The van der Waals surface area contributed by atoms with Gasteiger partial charge in [0.15, 0.2) is 17.6 Å². The molecule has 1 N–H and O–H groups in total. The molecular weight excluding hydrogens is 306 g/mol. The van der Waals surface area contributed by atoms with E-state index < -0.39 is 6.10 Å². The highest BCUT2D eigenvalue weighted by atomic mass is 16.6. The molecule has 1 fully saturated rings. The van der Waals surface area contributed by atoms with Gasteiger partial charge in [0.05, 0.1) is 19.3 Å². The summed E-state index contributed by atoms with van der Waals surface area (Å²) < 4.78 is 17.2. The van der Waals surface area contributed by atoms with Gasteiger partial charge in [-0.05, 0) is 32.0 Å². The largest absolute Gasteiger partial charge is 0.486 e. The average Bonchev–Trinajstić information content (AvgIpc) is 2.62. The second-order valence-corrected chi connectivity index (χ2v) is 6.92. The third-order valence-corrected chi connectivity index (χ3v) is 4.88. The topological polar surface area (TPSA) is 51.2 Å². The molecule has 1 aliphatic carbocycles. The van der Waals surface area contributed by atoms with Gasteiger partial charge in [0.2, 0.25) is 0 Å². The van der Waals surface area contributed by atoms with Crippen molar-refractivity contribution in [2.75, 3.05) is 33.4 Å². The summed E-state index contributed by atoms with van der Waals surface area (Å²) in [7, 11) is 2.11. The molecule has 1 aromatic rings. The molecule has 5 heteroatoms. The Labute approximate surface area is 144 Å². The number of hydrogen-bond donors (Lipinski definition) is 1. The smallest absolute Gasteiger partial charge is 0.161 e. The molecule has 5 nitrogen and oxygen atoms in total. The van der Waals surface area contributed by atoms with Gasteiger partial charge in [-0.2, -0.15) is 0 Å². The number of nitrogens with zero attached hydrogens (tertiary/aromatic N) is 1. The molecule has 0 aromatic heterocycles. The first-order valence-electron chi connectivity index (χ1n) is 9.07. The van der Waals surface area contributed by atoms with Gasteiger partial charge in [-0.3, -0.25) is 0 Å². The highest BCUT2D eigenvalue weighted by Crippen LogP contribution is 2.30. The zero-order valence-electron chi connectivity index (χ0n) is 14.5. The Hall–Kier alpha value is -1.30. The number of rotatable bonds is 7. The van der Waals surface area contributed by atoms with Crippen LogP contribution in [0.15, 0.2) is 24.3 Å². The Kier molecular flexibility index (Phi) is 6.35. The number of ether oxygens (including phenoxy) is 3. The SMILES string of the molecule is CN(C[C@H](O)COC[C@H]1COc2ccccc2O1)C1CCCCC1. The lowest BCUT2D eigenvalue weighted by atomic mass is 9.94. The molecule has 24 heavy (non-hydrogen) atoms. The van der Waals surface area contributed by atoms with Crippen LogP contribution in [0.5, 0.6) is 11.5 Å². The fourth-order valence-corrected chi connectivity index (χ4v) is 3.54. The van der Waals surface area contributed by atoms with Gasteiger partial charge in [-0.25, -0.2) is 0 Å². The molecule has 134 valence electrons. The van der Waals surface area contributed by atoms with E-state index in [0.29, 0.717) is 32.4 Å². The number of benzene rings is 1. The molecule has 0 unspecified atom stereocenters. The van der Waals surface area contributed by atoms with Crippen LogP contribution >= 0.6 is 0 Å². The Morgan fingerprint density at radius 2 is 1.96 bits per heavy atom. The lowest BCUT2D eigenvalue weighted by Gasteiger charge is -2.32. The molecule has 0 bridgehead atoms. The second kappa shape index (κ2) is 8.70. The van der Waals surface area contributed by atoms with Crippen LogP contribution in [0.25, 0.3) is 0 Å². The molecule has 0 saturated heterocycles. The van der Waals surface area contributed by atoms with Crippen LogP contribution in [0.3, 0.4) is 0 Å². The summed E-state index contributed by atoms with van der Waals surface area (Å²) in [5.41, 5.74) is 0. The molecular formula is C19H29NO4. The predicted octanol–water partition coefficient (Wildman–Crippen LogP) is 2.47. The fourth-order valence-electron chi connectivity index (χ4n) is 3.54. The Morgan fingerprint density at radius 1 is 1.21 bits per heavy atom. The number of aliphatic hydroxyl groups is 1. The zero-order chi connectivity index (χ0) is 16.8. The van der Waals surface area contributed by atoms with Gasteiger partial charge < -0.3 is 24.2 Å². The van der Waals surface area contributed by atoms with E-state index in [4.69, 9.17) is 14.2 Å². The van der Waals surface area contributed by atoms with Crippen LogP contribution in [0.2, 0.25) is 0 Å². The molecule has 3 rings (SSSR count). The third kappa shape index (κ3) is 4.85. The summed E-state index contributed by atoms with van der Waals surface area (Å²) in [6.45, 7) is 1.90. The van der Waals surface area contributed by atoms with Crippen molar-refractivity contribution in [2.24, 2.45) is 0 Å². The van der Waals surface area contributed by atoms with E-state index in [1.807, 2.05) is 24.3 Å². The standard InChI is InChI=1S/C19H29NO4/c1-20(15-7-3-2-4-8-15)11-16(21)12-22-13-17-14-23-18-9-5-6-10-19(18)24-17/h5-6,9-10,15-17,21H,2-4,7-8,11-14H2,1H3/t16-,17-/m0/s1. The van der Waals surface area contributed by atoms with E-state index in [0.717, 1.165) is 11.5 Å². The maximum absolute atomic E-state index is 10.2. The lowest BCUT2D eigenvalue weighted by Crippen LogP contribution is -2.41. The molecule has 1 heterocycles. The van der Waals surface area contributed by atoms with Gasteiger partial charge in [0.1, 0.15) is 6.61 Å². The summed E-state index contributed by atoms with van der Waals surface area (Å²) >= 11 is 0. The molecule has 2 aliphatic rings. The zero-order valence-corrected chi connectivity index (χ0v) is 14.5. The van der Waals surface area contributed by atoms with E-state index in [1.165, 1.54) is 32.1 Å². The number of para-hydroxylation sites is 2. The maximum Gasteiger partial charge on any atom is 0.161 e. The van der Waals surface area contributed by atoms with Crippen molar-refractivity contribution in [3.05, 3.63) is 24.3 Å². The minimum atomic E-state index is -0.464. The predicted molar refractivity (Wildman–Crippen MR) is 92.7 cm³/mol. The first-order chi connectivity index (χ1) is 11.7. The van der Waals surface area contributed by atoms with Crippen molar-refractivity contribution in [1.82, 2.24) is 4.90 Å². The molecule has 2 atom stereocenters. The number of aliphatic hydroxyl groups excluding tert-OH is 1. The van der Waals surface area contributed by atoms with Crippen molar-refractivity contribution in [2.45, 2.75) is 50.4 Å². The van der Waals surface area contributed by atoms with Crippen LogP contribution in [0.1, 0.15) is 32.1 Å². The van der Waals surface area contributed by atoms with E-state index in [2.05, 4.69) is 11.9 Å². The Morgan fingerprint density at radius 3 is 2.75 bits per heavy atom. The van der Waals surface area contributed by atoms with Gasteiger partial charge in [0.25, 0.3) is 0 Å². The summed E-state index contributed by atoms with van der Waals surface area (Å²) in [5.74, 6) is 1.54. The van der Waals surface area contributed by atoms with Gasteiger partial charge in [0, 0.05) is 12.6 Å². The average molecular weight is 335 g/mol. The maximum atomic E-state index is 10.2. The highest BCUT2D eigenvalue weighted by molar-refractivity contribution is 5.40. The minimum Gasteiger partial charge on any atom is -0.486 e. The third-order valence-electron chi connectivity index (χ3n) is 4.88. The van der Waals surface area contributed by atoms with Crippen LogP contribution in [0, 0.1) is 0 Å². The van der Waals surface area contributed by atoms with Gasteiger partial charge >= 0.3 is 0 Å². The van der Waals surface area contributed by atoms with Gasteiger partial charge in [-0.15, -0.1) is 0 Å². The first-order valence-corrected chi connectivity index (χ1v) is 9.07. The summed E-state index contributed by atoms with van der Waals surface area (Å²) in [6, 6.07) is 8.27. The second-order valence-electron chi connectivity index (χ2n) is 6.92. The summed E-state index contributed by atoms with van der Waals surface area (Å²) in [4.78, 5) is 2.28. The Balaban J connectivity index is 1.34. The molecule has 1 aliphatic heterocycles. The summed E-state index contributed by atoms with van der Waals surface area (Å²) in [6.07, 6.45) is 5.87.